The fourth-order valence-corrected chi connectivity index (χ4v) is 3.59. The van der Waals surface area contributed by atoms with Crippen molar-refractivity contribution in [2.45, 2.75) is 19.4 Å². The summed E-state index contributed by atoms with van der Waals surface area (Å²) < 4.78 is 13.4. The Labute approximate surface area is 162 Å². The van der Waals surface area contributed by atoms with E-state index < -0.39 is 0 Å². The molecule has 1 aromatic heterocycles. The smallest absolute Gasteiger partial charge is 0.264 e. The topological polar surface area (TPSA) is 68.6 Å². The maximum absolute atomic E-state index is 11.8. The predicted octanol–water partition coefficient (Wildman–Crippen LogP) is 3.55. The number of nitrogens with zero attached hydrogens (tertiary/aromatic N) is 3. The molecular weight excluding hydrogens is 356 g/mol. The number of rotatable bonds is 5. The number of methoxy groups -OCH3 is 1. The number of hydrogen-bond acceptors (Lipinski definition) is 5. The van der Waals surface area contributed by atoms with E-state index in [4.69, 9.17) is 9.47 Å². The van der Waals surface area contributed by atoms with Gasteiger partial charge in [-0.1, -0.05) is 0 Å². The van der Waals surface area contributed by atoms with Crippen molar-refractivity contribution >= 4 is 34.0 Å². The average molecular weight is 378 g/mol. The van der Waals surface area contributed by atoms with Gasteiger partial charge in [0, 0.05) is 31.4 Å². The summed E-state index contributed by atoms with van der Waals surface area (Å²) in [4.78, 5) is 17.9. The molecular formula is C21H22N4O3. The molecule has 0 spiro atoms. The van der Waals surface area contributed by atoms with E-state index in [2.05, 4.69) is 20.9 Å². The highest BCUT2D eigenvalue weighted by Gasteiger charge is 2.24. The molecule has 5 rings (SSSR count). The lowest BCUT2D eigenvalue weighted by Crippen LogP contribution is -2.35. The Kier molecular flexibility index (Phi) is 3.89. The Morgan fingerprint density at radius 3 is 2.93 bits per heavy atom. The van der Waals surface area contributed by atoms with E-state index in [1.54, 1.807) is 19.1 Å². The number of amides is 1. The molecule has 1 amide bonds. The summed E-state index contributed by atoms with van der Waals surface area (Å²) in [7, 11) is 3.42. The van der Waals surface area contributed by atoms with Crippen LogP contribution in [0.15, 0.2) is 36.7 Å². The predicted molar refractivity (Wildman–Crippen MR) is 108 cm³/mol. The summed E-state index contributed by atoms with van der Waals surface area (Å²) in [5.41, 5.74) is 4.53. The van der Waals surface area contributed by atoms with Crippen LogP contribution in [0.2, 0.25) is 0 Å². The van der Waals surface area contributed by atoms with Gasteiger partial charge in [-0.05, 0) is 37.0 Å². The maximum Gasteiger partial charge on any atom is 0.264 e. The van der Waals surface area contributed by atoms with Crippen molar-refractivity contribution in [3.05, 3.63) is 36.7 Å². The number of hydrogen-bond donors (Lipinski definition) is 1. The van der Waals surface area contributed by atoms with Gasteiger partial charge in [-0.25, -0.2) is 4.98 Å². The maximum atomic E-state index is 11.8. The number of aromatic nitrogens is 2. The molecule has 1 N–H and O–H groups in total. The van der Waals surface area contributed by atoms with E-state index in [1.807, 2.05) is 30.6 Å². The lowest BCUT2D eigenvalue weighted by atomic mass is 10.2. The van der Waals surface area contributed by atoms with Gasteiger partial charge >= 0.3 is 0 Å². The monoisotopic (exact) mass is 378 g/mol. The Balaban J connectivity index is 1.49. The van der Waals surface area contributed by atoms with Gasteiger partial charge in [-0.15, -0.1) is 0 Å². The molecule has 1 aliphatic carbocycles. The van der Waals surface area contributed by atoms with Crippen molar-refractivity contribution in [2.75, 3.05) is 31.0 Å². The van der Waals surface area contributed by atoms with Crippen LogP contribution in [-0.4, -0.2) is 36.2 Å². The highest BCUT2D eigenvalue weighted by molar-refractivity contribution is 5.97. The van der Waals surface area contributed by atoms with E-state index in [9.17, 15) is 4.79 Å². The molecule has 2 aliphatic rings. The normalized spacial score (nSPS) is 16.1. The number of carbonyl (C=O) groups is 1. The first-order chi connectivity index (χ1) is 13.6. The molecule has 3 aromatic rings. The third-order valence-electron chi connectivity index (χ3n) is 5.42. The fraction of sp³-hybridized carbons (Fsp3) is 0.333. The minimum absolute atomic E-state index is 0.0516. The lowest BCUT2D eigenvalue weighted by molar-refractivity contribution is -0.120. The molecule has 7 nitrogen and oxygen atoms in total. The molecule has 0 saturated heterocycles. The van der Waals surface area contributed by atoms with Gasteiger partial charge in [0.2, 0.25) is 0 Å². The largest absolute Gasteiger partial charge is 0.494 e. The summed E-state index contributed by atoms with van der Waals surface area (Å²) in [6, 6.07) is 9.77. The van der Waals surface area contributed by atoms with Gasteiger partial charge in [0.05, 0.1) is 35.8 Å². The Morgan fingerprint density at radius 2 is 2.14 bits per heavy atom. The summed E-state index contributed by atoms with van der Waals surface area (Å²) >= 11 is 0. The van der Waals surface area contributed by atoms with Crippen LogP contribution < -0.4 is 19.7 Å². The molecule has 0 unspecified atom stereocenters. The van der Waals surface area contributed by atoms with Crippen LogP contribution in [0.4, 0.5) is 17.1 Å². The molecule has 0 atom stereocenters. The highest BCUT2D eigenvalue weighted by atomic mass is 16.5. The Hall–Kier alpha value is -3.22. The first-order valence-corrected chi connectivity index (χ1v) is 9.45. The number of ether oxygens (including phenoxy) is 2. The number of imidazole rings is 1. The number of fused-ring (bicyclic) bond motifs is 2. The van der Waals surface area contributed by atoms with Crippen molar-refractivity contribution in [1.82, 2.24) is 9.55 Å². The van der Waals surface area contributed by atoms with Crippen molar-refractivity contribution in [1.29, 1.82) is 0 Å². The van der Waals surface area contributed by atoms with Gasteiger partial charge in [-0.2, -0.15) is 0 Å². The van der Waals surface area contributed by atoms with Gasteiger partial charge in [-0.3, -0.25) is 4.79 Å². The summed E-state index contributed by atoms with van der Waals surface area (Å²) in [5, 5.41) is 3.43. The molecule has 1 fully saturated rings. The van der Waals surface area contributed by atoms with E-state index in [1.165, 1.54) is 12.8 Å². The molecule has 7 heteroatoms. The van der Waals surface area contributed by atoms with Crippen LogP contribution in [0, 0.1) is 5.92 Å². The molecule has 1 saturated carbocycles. The SMILES string of the molecule is COc1cc2ncn(CC3CC3)c2cc1Nc1ccc2c(c1)OCC(=O)N2C. The molecule has 0 radical (unpaired) electrons. The van der Waals surface area contributed by atoms with Crippen molar-refractivity contribution < 1.29 is 14.3 Å². The average Bonchev–Trinajstić information content (AvgIpc) is 3.44. The minimum atomic E-state index is -0.0516. The van der Waals surface area contributed by atoms with Crippen LogP contribution in [0.5, 0.6) is 11.5 Å². The Bertz CT molecular complexity index is 1070. The van der Waals surface area contributed by atoms with Crippen molar-refractivity contribution in [2.24, 2.45) is 5.92 Å². The van der Waals surface area contributed by atoms with E-state index >= 15 is 0 Å². The second-order valence-corrected chi connectivity index (χ2v) is 7.43. The summed E-state index contributed by atoms with van der Waals surface area (Å²) in [6.45, 7) is 1.07. The minimum Gasteiger partial charge on any atom is -0.494 e. The van der Waals surface area contributed by atoms with Crippen LogP contribution in [0.3, 0.4) is 0 Å². The summed E-state index contributed by atoms with van der Waals surface area (Å²) in [6.07, 6.45) is 4.51. The Morgan fingerprint density at radius 1 is 1.29 bits per heavy atom. The molecule has 28 heavy (non-hydrogen) atoms. The van der Waals surface area contributed by atoms with E-state index in [-0.39, 0.29) is 12.5 Å². The summed E-state index contributed by atoms with van der Waals surface area (Å²) in [5.74, 6) is 2.14. The number of benzene rings is 2. The molecule has 1 aliphatic heterocycles. The van der Waals surface area contributed by atoms with Crippen LogP contribution >= 0.6 is 0 Å². The number of nitrogens with one attached hydrogen (secondary N) is 1. The highest BCUT2D eigenvalue weighted by Crippen LogP contribution is 2.38. The van der Waals surface area contributed by atoms with Gasteiger partial charge in [0.1, 0.15) is 11.5 Å². The lowest BCUT2D eigenvalue weighted by Gasteiger charge is -2.26. The molecule has 2 aromatic carbocycles. The van der Waals surface area contributed by atoms with Gasteiger partial charge in [0.15, 0.2) is 6.61 Å². The second kappa shape index (κ2) is 6.44. The van der Waals surface area contributed by atoms with Crippen molar-refractivity contribution in [3.63, 3.8) is 0 Å². The molecule has 144 valence electrons. The third-order valence-corrected chi connectivity index (χ3v) is 5.42. The molecule has 0 bridgehead atoms. The second-order valence-electron chi connectivity index (χ2n) is 7.43. The zero-order chi connectivity index (χ0) is 19.3. The zero-order valence-electron chi connectivity index (χ0n) is 15.9. The number of likely N-dealkylation sites (N-methyl/N-ethyl adjacent to an activating group) is 1. The zero-order valence-corrected chi connectivity index (χ0v) is 15.9. The van der Waals surface area contributed by atoms with Gasteiger partial charge in [0.25, 0.3) is 5.91 Å². The molecule has 2 heterocycles. The van der Waals surface area contributed by atoms with E-state index in [0.29, 0.717) is 5.75 Å². The number of carbonyl (C=O) groups excluding carboxylic acids is 1. The quantitative estimate of drug-likeness (QED) is 0.735. The fourth-order valence-electron chi connectivity index (χ4n) is 3.59. The van der Waals surface area contributed by atoms with Crippen LogP contribution in [0.1, 0.15) is 12.8 Å². The third kappa shape index (κ3) is 2.93. The van der Waals surface area contributed by atoms with Gasteiger partial charge < -0.3 is 24.3 Å². The van der Waals surface area contributed by atoms with Crippen molar-refractivity contribution in [3.8, 4) is 11.5 Å². The van der Waals surface area contributed by atoms with Crippen LogP contribution in [-0.2, 0) is 11.3 Å². The van der Waals surface area contributed by atoms with E-state index in [0.717, 1.165) is 46.3 Å². The first kappa shape index (κ1) is 16.9. The van der Waals surface area contributed by atoms with Crippen LogP contribution in [0.25, 0.3) is 11.0 Å². The number of anilines is 3. The first-order valence-electron chi connectivity index (χ1n) is 9.45. The standard InChI is InChI=1S/C21H22N4O3/c1-24-17-6-5-14(7-20(17)28-11-21(24)26)23-16-8-18-15(9-19(16)27-2)22-12-25(18)10-13-3-4-13/h5-9,12-13,23H,3-4,10-11H2,1-2H3.